The second-order valence-electron chi connectivity index (χ2n) is 7.60. The maximum absolute atomic E-state index is 13.0. The number of nitrogens with one attached hydrogen (secondary N) is 1. The van der Waals surface area contributed by atoms with E-state index in [9.17, 15) is 13.2 Å². The molecular weight excluding hydrogens is 360 g/mol. The van der Waals surface area contributed by atoms with Crippen LogP contribution in [0, 0.1) is 20.8 Å². The van der Waals surface area contributed by atoms with Gasteiger partial charge < -0.3 is 4.90 Å². The van der Waals surface area contributed by atoms with Gasteiger partial charge in [0.1, 0.15) is 0 Å². The number of hydrogen-bond acceptors (Lipinski definition) is 3. The molecule has 0 atom stereocenters. The van der Waals surface area contributed by atoms with E-state index < -0.39 is 10.0 Å². The molecule has 4 rings (SSSR count). The molecule has 0 spiro atoms. The molecule has 2 aliphatic heterocycles. The highest BCUT2D eigenvalue weighted by atomic mass is 32.2. The summed E-state index contributed by atoms with van der Waals surface area (Å²) in [6, 6.07) is 7.41. The first-order valence-electron chi connectivity index (χ1n) is 9.33. The van der Waals surface area contributed by atoms with Gasteiger partial charge in [-0.15, -0.1) is 0 Å². The van der Waals surface area contributed by atoms with Gasteiger partial charge in [0.2, 0.25) is 5.91 Å². The molecule has 0 radical (unpaired) electrons. The number of rotatable bonds is 3. The number of anilines is 2. The van der Waals surface area contributed by atoms with Crippen molar-refractivity contribution >= 4 is 27.3 Å². The van der Waals surface area contributed by atoms with Crippen LogP contribution in [0.15, 0.2) is 29.2 Å². The van der Waals surface area contributed by atoms with Gasteiger partial charge in [-0.1, -0.05) is 6.07 Å². The fraction of sp³-hybridized carbons (Fsp3) is 0.381. The molecule has 0 saturated heterocycles. The van der Waals surface area contributed by atoms with Crippen molar-refractivity contribution in [3.05, 3.63) is 52.1 Å². The average molecular weight is 385 g/mol. The second-order valence-corrected chi connectivity index (χ2v) is 9.25. The van der Waals surface area contributed by atoms with Crippen LogP contribution in [0.1, 0.15) is 40.7 Å². The van der Waals surface area contributed by atoms with Gasteiger partial charge in [0.25, 0.3) is 10.0 Å². The predicted octanol–water partition coefficient (Wildman–Crippen LogP) is 3.64. The molecule has 0 aromatic heterocycles. The van der Waals surface area contributed by atoms with E-state index >= 15 is 0 Å². The standard InChI is InChI=1S/C21H24N2O3S/c1-13-9-15(3)19(10-14(13)2)27(25,26)22-18-11-16-5-4-8-23-20(24)7-6-17(12-18)21(16)23/h9-12,22H,4-8H2,1-3H3. The number of benzene rings is 2. The van der Waals surface area contributed by atoms with Crippen LogP contribution in [0.25, 0.3) is 0 Å². The quantitative estimate of drug-likeness (QED) is 0.879. The number of carbonyl (C=O) groups is 1. The first-order chi connectivity index (χ1) is 12.8. The number of carbonyl (C=O) groups excluding carboxylic acids is 1. The highest BCUT2D eigenvalue weighted by Gasteiger charge is 2.30. The number of nitrogens with zero attached hydrogens (tertiary/aromatic N) is 1. The molecule has 0 unspecified atom stereocenters. The molecule has 0 saturated carbocycles. The third-order valence-electron chi connectivity index (χ3n) is 5.61. The van der Waals surface area contributed by atoms with E-state index in [1.807, 2.05) is 43.9 Å². The summed E-state index contributed by atoms with van der Waals surface area (Å²) in [4.78, 5) is 14.4. The Hall–Kier alpha value is -2.34. The van der Waals surface area contributed by atoms with E-state index in [4.69, 9.17) is 0 Å². The summed E-state index contributed by atoms with van der Waals surface area (Å²) in [6.45, 7) is 6.47. The first kappa shape index (κ1) is 18.0. The van der Waals surface area contributed by atoms with Crippen molar-refractivity contribution in [2.75, 3.05) is 16.2 Å². The number of sulfonamides is 1. The van der Waals surface area contributed by atoms with Crippen LogP contribution < -0.4 is 9.62 Å². The van der Waals surface area contributed by atoms with Crippen LogP contribution in [0.5, 0.6) is 0 Å². The zero-order chi connectivity index (χ0) is 19.3. The summed E-state index contributed by atoms with van der Waals surface area (Å²) < 4.78 is 28.8. The molecule has 2 heterocycles. The van der Waals surface area contributed by atoms with Gasteiger partial charge >= 0.3 is 0 Å². The lowest BCUT2D eigenvalue weighted by atomic mass is 9.91. The Balaban J connectivity index is 1.74. The minimum atomic E-state index is -3.67. The molecule has 2 aromatic carbocycles. The Morgan fingerprint density at radius 2 is 1.56 bits per heavy atom. The minimum absolute atomic E-state index is 0.169. The Labute approximate surface area is 160 Å². The summed E-state index contributed by atoms with van der Waals surface area (Å²) in [5.41, 5.74) is 6.47. The molecule has 1 amide bonds. The highest BCUT2D eigenvalue weighted by Crippen LogP contribution is 2.38. The van der Waals surface area contributed by atoms with Crippen LogP contribution in [0.3, 0.4) is 0 Å². The van der Waals surface area contributed by atoms with Crippen molar-refractivity contribution in [1.82, 2.24) is 0 Å². The van der Waals surface area contributed by atoms with E-state index in [2.05, 4.69) is 4.72 Å². The minimum Gasteiger partial charge on any atom is -0.312 e. The third-order valence-corrected chi connectivity index (χ3v) is 7.13. The topological polar surface area (TPSA) is 66.5 Å². The molecule has 6 heteroatoms. The fourth-order valence-electron chi connectivity index (χ4n) is 4.15. The second kappa shape index (κ2) is 6.37. The van der Waals surface area contributed by atoms with Gasteiger partial charge in [-0.05, 0) is 86.1 Å². The summed E-state index contributed by atoms with van der Waals surface area (Å²) in [5.74, 6) is 0.169. The lowest BCUT2D eigenvalue weighted by Gasteiger charge is -2.35. The Morgan fingerprint density at radius 1 is 0.889 bits per heavy atom. The molecule has 2 aromatic rings. The first-order valence-corrected chi connectivity index (χ1v) is 10.8. The molecule has 1 N–H and O–H groups in total. The van der Waals surface area contributed by atoms with Crippen molar-refractivity contribution in [3.8, 4) is 0 Å². The summed E-state index contributed by atoms with van der Waals surface area (Å²) in [7, 11) is -3.67. The zero-order valence-electron chi connectivity index (χ0n) is 15.9. The Bertz CT molecular complexity index is 1040. The molecule has 142 valence electrons. The number of amides is 1. The van der Waals surface area contributed by atoms with Gasteiger partial charge in [0, 0.05) is 18.7 Å². The molecule has 0 aliphatic carbocycles. The maximum atomic E-state index is 13.0. The third kappa shape index (κ3) is 3.12. The monoisotopic (exact) mass is 384 g/mol. The number of aryl methyl sites for hydroxylation is 5. The smallest absolute Gasteiger partial charge is 0.262 e. The lowest BCUT2D eigenvalue weighted by Crippen LogP contribution is -2.39. The van der Waals surface area contributed by atoms with E-state index in [0.717, 1.165) is 52.9 Å². The largest absolute Gasteiger partial charge is 0.312 e. The average Bonchev–Trinajstić information content (AvgIpc) is 2.60. The van der Waals surface area contributed by atoms with Crippen LogP contribution in [0.4, 0.5) is 11.4 Å². The zero-order valence-corrected chi connectivity index (χ0v) is 16.7. The van der Waals surface area contributed by atoms with Crippen molar-refractivity contribution in [2.24, 2.45) is 0 Å². The maximum Gasteiger partial charge on any atom is 0.262 e. The van der Waals surface area contributed by atoms with E-state index in [-0.39, 0.29) is 5.91 Å². The highest BCUT2D eigenvalue weighted by molar-refractivity contribution is 7.92. The predicted molar refractivity (Wildman–Crippen MR) is 107 cm³/mol. The SMILES string of the molecule is Cc1cc(C)c(S(=O)(=O)Nc2cc3c4c(c2)CCC(=O)N4CCC3)cc1C. The molecule has 2 aliphatic rings. The molecule has 0 bridgehead atoms. The van der Waals surface area contributed by atoms with Crippen molar-refractivity contribution in [2.45, 2.75) is 51.3 Å². The van der Waals surface area contributed by atoms with Crippen molar-refractivity contribution in [3.63, 3.8) is 0 Å². The van der Waals surface area contributed by atoms with Gasteiger partial charge in [-0.3, -0.25) is 9.52 Å². The molecular formula is C21H24N2O3S. The summed E-state index contributed by atoms with van der Waals surface area (Å²) in [6.07, 6.45) is 2.92. The Kier molecular flexibility index (Phi) is 4.26. The molecule has 0 fully saturated rings. The van der Waals surface area contributed by atoms with Gasteiger partial charge in [0.15, 0.2) is 0 Å². The summed E-state index contributed by atoms with van der Waals surface area (Å²) in [5, 5.41) is 0. The van der Waals surface area contributed by atoms with E-state index in [1.165, 1.54) is 0 Å². The summed E-state index contributed by atoms with van der Waals surface area (Å²) >= 11 is 0. The van der Waals surface area contributed by atoms with E-state index in [0.29, 0.717) is 23.4 Å². The fourth-order valence-corrected chi connectivity index (χ4v) is 5.50. The van der Waals surface area contributed by atoms with Crippen LogP contribution in [-0.2, 0) is 27.7 Å². The van der Waals surface area contributed by atoms with Gasteiger partial charge in [-0.25, -0.2) is 8.42 Å². The lowest BCUT2D eigenvalue weighted by molar-refractivity contribution is -0.119. The normalized spacial score (nSPS) is 16.3. The van der Waals surface area contributed by atoms with Crippen LogP contribution in [0.2, 0.25) is 0 Å². The van der Waals surface area contributed by atoms with Crippen LogP contribution in [-0.4, -0.2) is 20.9 Å². The van der Waals surface area contributed by atoms with Gasteiger partial charge in [-0.2, -0.15) is 0 Å². The van der Waals surface area contributed by atoms with Gasteiger partial charge in [0.05, 0.1) is 10.6 Å². The van der Waals surface area contributed by atoms with Crippen LogP contribution >= 0.6 is 0 Å². The van der Waals surface area contributed by atoms with E-state index in [1.54, 1.807) is 6.07 Å². The Morgan fingerprint density at radius 3 is 2.30 bits per heavy atom. The molecule has 27 heavy (non-hydrogen) atoms. The number of hydrogen-bond donors (Lipinski definition) is 1. The van der Waals surface area contributed by atoms with Crippen molar-refractivity contribution < 1.29 is 13.2 Å². The van der Waals surface area contributed by atoms with Crippen molar-refractivity contribution in [1.29, 1.82) is 0 Å². The molecule has 5 nitrogen and oxygen atoms in total.